The van der Waals surface area contributed by atoms with Crippen molar-refractivity contribution in [1.29, 1.82) is 5.26 Å². The van der Waals surface area contributed by atoms with E-state index in [2.05, 4.69) is 11.1 Å². The van der Waals surface area contributed by atoms with Crippen molar-refractivity contribution in [3.63, 3.8) is 0 Å². The Hall–Kier alpha value is -3.18. The summed E-state index contributed by atoms with van der Waals surface area (Å²) < 4.78 is 11.4. The fourth-order valence-corrected chi connectivity index (χ4v) is 4.00. The van der Waals surface area contributed by atoms with E-state index >= 15 is 0 Å². The number of amides is 1. The average Bonchev–Trinajstić information content (AvgIpc) is 3.26. The summed E-state index contributed by atoms with van der Waals surface area (Å²) in [5, 5.41) is 11.0. The average molecular weight is 518 g/mol. The van der Waals surface area contributed by atoms with Crippen LogP contribution in [0.4, 0.5) is 5.88 Å². The molecule has 0 radical (unpaired) electrons. The minimum absolute atomic E-state index is 0.132. The number of hydrogen-bond donors (Lipinski definition) is 0. The maximum atomic E-state index is 12.6. The summed E-state index contributed by atoms with van der Waals surface area (Å²) in [6.07, 6.45) is 3.53. The van der Waals surface area contributed by atoms with Gasteiger partial charge in [0, 0.05) is 42.3 Å². The normalized spacial score (nSPS) is 13.8. The van der Waals surface area contributed by atoms with Crippen LogP contribution in [0.1, 0.15) is 17.1 Å². The predicted octanol–water partition coefficient (Wildman–Crippen LogP) is 5.40. The Labute approximate surface area is 211 Å². The van der Waals surface area contributed by atoms with Crippen molar-refractivity contribution in [2.24, 2.45) is 0 Å². The summed E-state index contributed by atoms with van der Waals surface area (Å²) in [5.74, 6) is 0.968. The van der Waals surface area contributed by atoms with Crippen LogP contribution < -0.4 is 9.64 Å². The molecule has 0 atom stereocenters. The molecular formula is C24H19Cl3N4O3. The molecule has 1 saturated heterocycles. The van der Waals surface area contributed by atoms with E-state index in [0.29, 0.717) is 58.8 Å². The van der Waals surface area contributed by atoms with Gasteiger partial charge >= 0.3 is 0 Å². The van der Waals surface area contributed by atoms with E-state index in [1.54, 1.807) is 41.3 Å². The number of nitriles is 1. The van der Waals surface area contributed by atoms with Gasteiger partial charge in [-0.25, -0.2) is 0 Å². The summed E-state index contributed by atoms with van der Waals surface area (Å²) in [6.45, 7) is 1.78. The fraction of sp³-hybridized carbons (Fsp3) is 0.208. The highest BCUT2D eigenvalue weighted by Crippen LogP contribution is 2.28. The molecular weight excluding hydrogens is 499 g/mol. The van der Waals surface area contributed by atoms with Gasteiger partial charge in [0.25, 0.3) is 5.91 Å². The van der Waals surface area contributed by atoms with Gasteiger partial charge in [-0.15, -0.1) is 0 Å². The molecule has 0 aliphatic carbocycles. The van der Waals surface area contributed by atoms with Gasteiger partial charge in [0.05, 0.1) is 5.02 Å². The van der Waals surface area contributed by atoms with Crippen LogP contribution in [0.5, 0.6) is 5.75 Å². The smallest absolute Gasteiger partial charge is 0.260 e. The molecule has 4 rings (SSSR count). The standard InChI is InChI=1S/C24H19Cl3N4O3/c25-17-4-1-16(2-5-17)3-8-22-29-20(14-28)24(34-22)31-11-9-30(10-12-31)23(32)15-33-21-7-6-18(26)13-19(21)27/h1-8,13H,9-12,15H2/b8-3+. The first-order valence-corrected chi connectivity index (χ1v) is 11.5. The van der Waals surface area contributed by atoms with Crippen LogP contribution in [0, 0.1) is 11.3 Å². The minimum Gasteiger partial charge on any atom is -0.482 e. The quantitative estimate of drug-likeness (QED) is 0.435. The Balaban J connectivity index is 1.34. The Kier molecular flexibility index (Phi) is 7.63. The van der Waals surface area contributed by atoms with Gasteiger partial charge < -0.3 is 19.0 Å². The lowest BCUT2D eigenvalue weighted by Gasteiger charge is -2.34. The third-order valence-electron chi connectivity index (χ3n) is 5.18. The highest BCUT2D eigenvalue weighted by molar-refractivity contribution is 6.35. The first-order chi connectivity index (χ1) is 16.4. The van der Waals surface area contributed by atoms with Gasteiger partial charge in [0.15, 0.2) is 6.61 Å². The van der Waals surface area contributed by atoms with E-state index in [1.807, 2.05) is 23.1 Å². The van der Waals surface area contributed by atoms with E-state index in [0.717, 1.165) is 5.56 Å². The van der Waals surface area contributed by atoms with Crippen LogP contribution >= 0.6 is 34.8 Å². The van der Waals surface area contributed by atoms with E-state index < -0.39 is 0 Å². The molecule has 1 amide bonds. The Bertz CT molecular complexity index is 1240. The molecule has 0 saturated carbocycles. The molecule has 0 unspecified atom stereocenters. The number of halogens is 3. The fourth-order valence-electron chi connectivity index (χ4n) is 3.41. The molecule has 1 aliphatic heterocycles. The zero-order chi connectivity index (χ0) is 24.1. The molecule has 3 aromatic rings. The number of rotatable bonds is 6. The third kappa shape index (κ3) is 5.84. The van der Waals surface area contributed by atoms with Crippen molar-refractivity contribution in [3.8, 4) is 11.8 Å². The summed E-state index contributed by atoms with van der Waals surface area (Å²) in [4.78, 5) is 20.4. The SMILES string of the molecule is N#Cc1nc(/C=C/c2ccc(Cl)cc2)oc1N1CCN(C(=O)COc2ccc(Cl)cc2Cl)CC1. The number of ether oxygens (including phenoxy) is 1. The van der Waals surface area contributed by atoms with Crippen LogP contribution in [0.2, 0.25) is 15.1 Å². The van der Waals surface area contributed by atoms with Gasteiger partial charge in [-0.1, -0.05) is 46.9 Å². The number of nitrogens with zero attached hydrogens (tertiary/aromatic N) is 4. The summed E-state index contributed by atoms with van der Waals surface area (Å²) in [6, 6.07) is 14.2. The van der Waals surface area contributed by atoms with Crippen molar-refractivity contribution in [1.82, 2.24) is 9.88 Å². The Morgan fingerprint density at radius 2 is 1.76 bits per heavy atom. The lowest BCUT2D eigenvalue weighted by atomic mass is 10.2. The van der Waals surface area contributed by atoms with E-state index in [-0.39, 0.29) is 18.2 Å². The number of anilines is 1. The molecule has 174 valence electrons. The van der Waals surface area contributed by atoms with E-state index in [9.17, 15) is 10.1 Å². The lowest BCUT2D eigenvalue weighted by molar-refractivity contribution is -0.133. The molecule has 1 fully saturated rings. The highest BCUT2D eigenvalue weighted by atomic mass is 35.5. The van der Waals surface area contributed by atoms with Gasteiger partial charge in [0.2, 0.25) is 17.5 Å². The molecule has 0 bridgehead atoms. The number of carbonyl (C=O) groups is 1. The maximum Gasteiger partial charge on any atom is 0.260 e. The summed E-state index contributed by atoms with van der Waals surface area (Å²) in [7, 11) is 0. The largest absolute Gasteiger partial charge is 0.482 e. The van der Waals surface area contributed by atoms with Gasteiger partial charge in [-0.2, -0.15) is 10.2 Å². The van der Waals surface area contributed by atoms with Gasteiger partial charge in [-0.3, -0.25) is 4.79 Å². The van der Waals surface area contributed by atoms with Crippen LogP contribution in [-0.4, -0.2) is 48.6 Å². The molecule has 1 aromatic heterocycles. The van der Waals surface area contributed by atoms with Crippen LogP contribution in [0.15, 0.2) is 46.9 Å². The monoisotopic (exact) mass is 516 g/mol. The van der Waals surface area contributed by atoms with Crippen molar-refractivity contribution >= 4 is 58.7 Å². The third-order valence-corrected chi connectivity index (χ3v) is 5.97. The maximum absolute atomic E-state index is 12.6. The zero-order valence-electron chi connectivity index (χ0n) is 17.9. The number of carbonyl (C=O) groups excluding carboxylic acids is 1. The minimum atomic E-state index is -0.157. The van der Waals surface area contributed by atoms with E-state index in [4.69, 9.17) is 44.0 Å². The second-order valence-electron chi connectivity index (χ2n) is 7.43. The van der Waals surface area contributed by atoms with Crippen molar-refractivity contribution in [2.75, 3.05) is 37.7 Å². The van der Waals surface area contributed by atoms with Gasteiger partial charge in [0.1, 0.15) is 11.8 Å². The molecule has 0 spiro atoms. The second kappa shape index (κ2) is 10.8. The second-order valence-corrected chi connectivity index (χ2v) is 8.71. The summed E-state index contributed by atoms with van der Waals surface area (Å²) >= 11 is 17.9. The first kappa shape index (κ1) is 24.0. The van der Waals surface area contributed by atoms with E-state index in [1.165, 1.54) is 0 Å². The predicted molar refractivity (Wildman–Crippen MR) is 132 cm³/mol. The molecule has 7 nitrogen and oxygen atoms in total. The highest BCUT2D eigenvalue weighted by Gasteiger charge is 2.26. The number of hydrogen-bond acceptors (Lipinski definition) is 6. The summed E-state index contributed by atoms with van der Waals surface area (Å²) in [5.41, 5.74) is 1.13. The van der Waals surface area contributed by atoms with Crippen LogP contribution in [-0.2, 0) is 4.79 Å². The lowest BCUT2D eigenvalue weighted by Crippen LogP contribution is -2.50. The first-order valence-electron chi connectivity index (χ1n) is 10.4. The molecule has 34 heavy (non-hydrogen) atoms. The molecule has 1 aliphatic rings. The number of piperazine rings is 1. The van der Waals surface area contributed by atoms with Gasteiger partial charge in [-0.05, 0) is 42.0 Å². The van der Waals surface area contributed by atoms with Crippen LogP contribution in [0.3, 0.4) is 0 Å². The van der Waals surface area contributed by atoms with Crippen molar-refractivity contribution in [2.45, 2.75) is 0 Å². The molecule has 2 aromatic carbocycles. The van der Waals surface area contributed by atoms with Crippen molar-refractivity contribution in [3.05, 3.63) is 74.7 Å². The number of benzene rings is 2. The van der Waals surface area contributed by atoms with Crippen LogP contribution in [0.25, 0.3) is 12.2 Å². The number of oxazole rings is 1. The Morgan fingerprint density at radius 3 is 2.44 bits per heavy atom. The molecule has 10 heteroatoms. The van der Waals surface area contributed by atoms with Crippen molar-refractivity contribution < 1.29 is 13.9 Å². The molecule has 2 heterocycles. The number of aromatic nitrogens is 1. The topological polar surface area (TPSA) is 82.6 Å². The Morgan fingerprint density at radius 1 is 1.06 bits per heavy atom. The zero-order valence-corrected chi connectivity index (χ0v) is 20.1. The molecule has 0 N–H and O–H groups in total.